The molecule has 0 aromatic heterocycles. The summed E-state index contributed by atoms with van der Waals surface area (Å²) < 4.78 is 16.7. The molecule has 0 heterocycles. The molecule has 0 bridgehead atoms. The quantitative estimate of drug-likeness (QED) is 0.0262. The molecule has 358 valence electrons. The molecule has 0 radical (unpaired) electrons. The summed E-state index contributed by atoms with van der Waals surface area (Å²) in [5.41, 5.74) is 0. The average Bonchev–Trinajstić information content (AvgIpc) is 3.28. The molecule has 0 rings (SSSR count). The van der Waals surface area contributed by atoms with E-state index in [1.807, 2.05) is 0 Å². The second-order valence-corrected chi connectivity index (χ2v) is 16.7. The van der Waals surface area contributed by atoms with E-state index >= 15 is 0 Å². The zero-order chi connectivity index (χ0) is 45.8. The lowest BCUT2D eigenvalue weighted by Gasteiger charge is -2.18. The smallest absolute Gasteiger partial charge is 0.306 e. The van der Waals surface area contributed by atoms with Crippen LogP contribution in [0.5, 0.6) is 0 Å². The summed E-state index contributed by atoms with van der Waals surface area (Å²) in [6.07, 6.45) is 66.7. The first-order chi connectivity index (χ1) is 31.0. The maximum atomic E-state index is 12.8. The molecule has 0 aliphatic carbocycles. The van der Waals surface area contributed by atoms with Crippen molar-refractivity contribution >= 4 is 17.9 Å². The van der Waals surface area contributed by atoms with Gasteiger partial charge in [0.25, 0.3) is 0 Å². The third kappa shape index (κ3) is 49.2. The molecule has 0 aromatic rings. The minimum atomic E-state index is -0.811. The number of rotatable bonds is 45. The van der Waals surface area contributed by atoms with Crippen LogP contribution in [0.2, 0.25) is 0 Å². The van der Waals surface area contributed by atoms with E-state index in [4.69, 9.17) is 14.2 Å². The Balaban J connectivity index is 4.52. The Morgan fingerprint density at radius 2 is 0.635 bits per heavy atom. The second-order valence-electron chi connectivity index (χ2n) is 16.7. The largest absolute Gasteiger partial charge is 0.462 e. The van der Waals surface area contributed by atoms with Crippen LogP contribution in [0.4, 0.5) is 0 Å². The number of unbranched alkanes of at least 4 members (excludes halogenated alkanes) is 18. The van der Waals surface area contributed by atoms with Crippen LogP contribution in [0.3, 0.4) is 0 Å². The highest BCUT2D eigenvalue weighted by molar-refractivity contribution is 5.71. The van der Waals surface area contributed by atoms with Gasteiger partial charge in [0.2, 0.25) is 0 Å². The fourth-order valence-electron chi connectivity index (χ4n) is 6.68. The molecule has 0 fully saturated rings. The third-order valence-corrected chi connectivity index (χ3v) is 10.5. The van der Waals surface area contributed by atoms with Crippen LogP contribution < -0.4 is 0 Å². The number of carbonyl (C=O) groups is 3. The van der Waals surface area contributed by atoms with Crippen LogP contribution >= 0.6 is 0 Å². The molecule has 0 aliphatic rings. The number of esters is 3. The van der Waals surface area contributed by atoms with Crippen LogP contribution in [0.25, 0.3) is 0 Å². The Morgan fingerprint density at radius 3 is 1.08 bits per heavy atom. The number of hydrogen-bond donors (Lipinski definition) is 0. The minimum absolute atomic E-state index is 0.106. The first-order valence-electron chi connectivity index (χ1n) is 25.7. The van der Waals surface area contributed by atoms with Gasteiger partial charge in [0.1, 0.15) is 13.2 Å². The van der Waals surface area contributed by atoms with Gasteiger partial charge in [0.15, 0.2) is 6.10 Å². The van der Waals surface area contributed by atoms with Gasteiger partial charge in [-0.15, -0.1) is 0 Å². The summed E-state index contributed by atoms with van der Waals surface area (Å²) in [5, 5.41) is 0. The topological polar surface area (TPSA) is 78.9 Å². The van der Waals surface area contributed by atoms with Crippen molar-refractivity contribution in [2.75, 3.05) is 13.2 Å². The molecular weight excluding hydrogens is 781 g/mol. The molecule has 0 saturated carbocycles. The van der Waals surface area contributed by atoms with Crippen molar-refractivity contribution in [3.05, 3.63) is 97.2 Å². The van der Waals surface area contributed by atoms with Crippen molar-refractivity contribution < 1.29 is 28.6 Å². The van der Waals surface area contributed by atoms with Gasteiger partial charge >= 0.3 is 17.9 Å². The highest BCUT2D eigenvalue weighted by Gasteiger charge is 2.19. The van der Waals surface area contributed by atoms with Gasteiger partial charge in [-0.05, 0) is 116 Å². The predicted octanol–water partition coefficient (Wildman–Crippen LogP) is 17.0. The lowest BCUT2D eigenvalue weighted by Crippen LogP contribution is -2.30. The van der Waals surface area contributed by atoms with Gasteiger partial charge in [-0.1, -0.05) is 189 Å². The van der Waals surface area contributed by atoms with Gasteiger partial charge in [0.05, 0.1) is 0 Å². The third-order valence-electron chi connectivity index (χ3n) is 10.5. The van der Waals surface area contributed by atoms with E-state index in [2.05, 4.69) is 118 Å². The number of allylic oxidation sites excluding steroid dienone is 16. The SMILES string of the molecule is CC/C=C/C/C=C/C/C=C/C/C=C/C/C=C/CCCC(=O)OC[C@@H](COC(=O)CCCCCCC/C=C/CCCCCC)OC(=O)CCCCCCC/C=C/C/C=C/CCCCC. The molecule has 0 unspecified atom stereocenters. The summed E-state index contributed by atoms with van der Waals surface area (Å²) >= 11 is 0. The first kappa shape index (κ1) is 59.3. The fourth-order valence-corrected chi connectivity index (χ4v) is 6.68. The van der Waals surface area contributed by atoms with E-state index in [1.165, 1.54) is 64.2 Å². The van der Waals surface area contributed by atoms with E-state index in [0.29, 0.717) is 19.3 Å². The Labute approximate surface area is 387 Å². The van der Waals surface area contributed by atoms with Crippen molar-refractivity contribution in [3.63, 3.8) is 0 Å². The lowest BCUT2D eigenvalue weighted by molar-refractivity contribution is -0.167. The van der Waals surface area contributed by atoms with Crippen LogP contribution in [0, 0.1) is 0 Å². The van der Waals surface area contributed by atoms with E-state index < -0.39 is 6.10 Å². The highest BCUT2D eigenvalue weighted by Crippen LogP contribution is 2.13. The van der Waals surface area contributed by atoms with Gasteiger partial charge in [-0.2, -0.15) is 0 Å². The van der Waals surface area contributed by atoms with Gasteiger partial charge in [-0.25, -0.2) is 0 Å². The number of ether oxygens (including phenoxy) is 3. The molecule has 0 amide bonds. The van der Waals surface area contributed by atoms with Gasteiger partial charge in [0, 0.05) is 19.3 Å². The monoisotopic (exact) mass is 875 g/mol. The summed E-state index contributed by atoms with van der Waals surface area (Å²) in [7, 11) is 0. The number of hydrogen-bond acceptors (Lipinski definition) is 6. The van der Waals surface area contributed by atoms with Crippen LogP contribution in [0.15, 0.2) is 97.2 Å². The average molecular weight is 875 g/mol. The van der Waals surface area contributed by atoms with Gasteiger partial charge < -0.3 is 14.2 Å². The van der Waals surface area contributed by atoms with Crippen LogP contribution in [-0.4, -0.2) is 37.2 Å². The Bertz CT molecular complexity index is 1280. The Kier molecular flexibility index (Phi) is 48.0. The van der Waals surface area contributed by atoms with Crippen LogP contribution in [-0.2, 0) is 28.6 Å². The molecule has 63 heavy (non-hydrogen) atoms. The maximum Gasteiger partial charge on any atom is 0.306 e. The molecule has 0 N–H and O–H groups in total. The lowest BCUT2D eigenvalue weighted by atomic mass is 10.1. The first-order valence-corrected chi connectivity index (χ1v) is 25.7. The second kappa shape index (κ2) is 51.0. The van der Waals surface area contributed by atoms with Crippen molar-refractivity contribution in [3.8, 4) is 0 Å². The van der Waals surface area contributed by atoms with Crippen molar-refractivity contribution in [2.24, 2.45) is 0 Å². The molecule has 6 nitrogen and oxygen atoms in total. The summed E-state index contributed by atoms with van der Waals surface area (Å²) in [6, 6.07) is 0. The number of carbonyl (C=O) groups excluding carboxylic acids is 3. The zero-order valence-corrected chi connectivity index (χ0v) is 40.8. The molecule has 6 heteroatoms. The Hall–Kier alpha value is -3.67. The van der Waals surface area contributed by atoms with Gasteiger partial charge in [-0.3, -0.25) is 14.4 Å². The zero-order valence-electron chi connectivity index (χ0n) is 40.8. The highest BCUT2D eigenvalue weighted by atomic mass is 16.6. The molecular formula is C57H94O6. The standard InChI is InChI=1S/C57H94O6/c1-4-7-10-13-16-19-22-25-27-28-30-32-35-38-41-44-47-50-56(59)62-53-54(52-61-55(58)49-46-43-40-37-34-31-24-21-18-15-12-9-6-3)63-57(60)51-48-45-42-39-36-33-29-26-23-20-17-14-11-8-5-2/h7,10,16-17,19-21,24-27,29-30,32,38,41,54H,4-6,8-9,11-15,18,22-23,28,31,33-37,39-40,42-53H2,1-3H3/b10-7+,19-16+,20-17+,24-21+,27-25+,29-26+,32-30+,41-38+/t54-/m1/s1. The summed E-state index contributed by atoms with van der Waals surface area (Å²) in [4.78, 5) is 38.0. The molecule has 1 atom stereocenters. The van der Waals surface area contributed by atoms with Crippen LogP contribution in [0.1, 0.15) is 226 Å². The predicted molar refractivity (Wildman–Crippen MR) is 270 cm³/mol. The van der Waals surface area contributed by atoms with E-state index in [0.717, 1.165) is 116 Å². The van der Waals surface area contributed by atoms with Crippen molar-refractivity contribution in [2.45, 2.75) is 232 Å². The normalized spacial score (nSPS) is 12.9. The van der Waals surface area contributed by atoms with E-state index in [-0.39, 0.29) is 37.5 Å². The molecule has 0 aliphatic heterocycles. The molecule has 0 saturated heterocycles. The summed E-state index contributed by atoms with van der Waals surface area (Å²) in [6.45, 7) is 6.40. The van der Waals surface area contributed by atoms with E-state index in [1.54, 1.807) is 0 Å². The maximum absolute atomic E-state index is 12.8. The minimum Gasteiger partial charge on any atom is -0.462 e. The van der Waals surface area contributed by atoms with Crippen molar-refractivity contribution in [1.29, 1.82) is 0 Å². The molecule has 0 aromatic carbocycles. The Morgan fingerprint density at radius 1 is 0.333 bits per heavy atom. The fraction of sp³-hybridized carbons (Fsp3) is 0.667. The van der Waals surface area contributed by atoms with E-state index in [9.17, 15) is 14.4 Å². The molecule has 0 spiro atoms. The van der Waals surface area contributed by atoms with Crippen molar-refractivity contribution in [1.82, 2.24) is 0 Å². The summed E-state index contributed by atoms with van der Waals surface area (Å²) in [5.74, 6) is -0.993.